The van der Waals surface area contributed by atoms with Crippen LogP contribution in [0.3, 0.4) is 0 Å². The van der Waals surface area contributed by atoms with Gasteiger partial charge in [0, 0.05) is 37.7 Å². The number of hydrogen-bond acceptors (Lipinski definition) is 6. The number of aryl methyl sites for hydroxylation is 1. The Kier molecular flexibility index (Phi) is 3.33. The van der Waals surface area contributed by atoms with Crippen LogP contribution in [0.25, 0.3) is 0 Å². The van der Waals surface area contributed by atoms with E-state index in [-0.39, 0.29) is 6.04 Å². The summed E-state index contributed by atoms with van der Waals surface area (Å²) in [5.41, 5.74) is 3.50. The lowest BCUT2D eigenvalue weighted by molar-refractivity contribution is 0.309. The second-order valence-corrected chi connectivity index (χ2v) is 6.32. The van der Waals surface area contributed by atoms with Gasteiger partial charge in [-0.05, 0) is 26.8 Å². The minimum absolute atomic E-state index is 0.267. The topological polar surface area (TPSA) is 58.3 Å². The third-order valence-corrected chi connectivity index (χ3v) is 4.68. The molecule has 2 aliphatic heterocycles. The molecule has 0 aliphatic carbocycles. The first kappa shape index (κ1) is 13.7. The minimum atomic E-state index is 0.267. The molecule has 0 bridgehead atoms. The van der Waals surface area contributed by atoms with Crippen LogP contribution in [-0.4, -0.2) is 40.2 Å². The average Bonchev–Trinajstić information content (AvgIpc) is 3.15. The fraction of sp³-hybridized carbons (Fsp3) is 0.562. The van der Waals surface area contributed by atoms with Crippen LogP contribution in [0.4, 0.5) is 5.82 Å². The fourth-order valence-electron chi connectivity index (χ4n) is 3.58. The lowest BCUT2D eigenvalue weighted by Gasteiger charge is -2.31. The predicted molar refractivity (Wildman–Crippen MR) is 82.6 cm³/mol. The highest BCUT2D eigenvalue weighted by atomic mass is 16.5. The number of aromatic nitrogens is 3. The number of anilines is 1. The zero-order valence-electron chi connectivity index (χ0n) is 13.1. The van der Waals surface area contributed by atoms with Gasteiger partial charge in [-0.3, -0.25) is 0 Å². The summed E-state index contributed by atoms with van der Waals surface area (Å²) >= 11 is 0. The number of rotatable bonds is 2. The van der Waals surface area contributed by atoms with E-state index >= 15 is 0 Å². The normalized spacial score (nSPS) is 22.1. The molecular formula is C16H21N5O. The lowest BCUT2D eigenvalue weighted by Crippen LogP contribution is -2.32. The largest absolute Gasteiger partial charge is 0.361 e. The maximum absolute atomic E-state index is 5.27. The highest BCUT2D eigenvalue weighted by Gasteiger charge is 2.32. The van der Waals surface area contributed by atoms with Gasteiger partial charge in [-0.15, -0.1) is 0 Å². The van der Waals surface area contributed by atoms with Gasteiger partial charge in [-0.2, -0.15) is 0 Å². The van der Waals surface area contributed by atoms with Crippen molar-refractivity contribution in [2.45, 2.75) is 38.8 Å². The molecule has 2 aliphatic rings. The molecule has 22 heavy (non-hydrogen) atoms. The van der Waals surface area contributed by atoms with E-state index in [2.05, 4.69) is 32.0 Å². The average molecular weight is 299 g/mol. The number of fused-ring (bicyclic) bond motifs is 1. The Hall–Kier alpha value is -1.95. The molecule has 0 N–H and O–H groups in total. The molecule has 0 unspecified atom stereocenters. The molecule has 0 spiro atoms. The van der Waals surface area contributed by atoms with Gasteiger partial charge in [0.1, 0.15) is 23.6 Å². The second kappa shape index (κ2) is 5.35. The molecule has 4 heterocycles. The third-order valence-electron chi connectivity index (χ3n) is 4.68. The molecule has 0 radical (unpaired) electrons. The van der Waals surface area contributed by atoms with Gasteiger partial charge in [0.15, 0.2) is 0 Å². The molecule has 0 saturated carbocycles. The van der Waals surface area contributed by atoms with Gasteiger partial charge in [-0.25, -0.2) is 9.97 Å². The van der Waals surface area contributed by atoms with Gasteiger partial charge in [0.05, 0.1) is 11.7 Å². The maximum atomic E-state index is 5.27. The Morgan fingerprint density at radius 1 is 1.27 bits per heavy atom. The van der Waals surface area contributed by atoms with Crippen LogP contribution in [-0.2, 0) is 13.0 Å². The summed E-state index contributed by atoms with van der Waals surface area (Å²) in [6, 6.07) is 2.31. The van der Waals surface area contributed by atoms with E-state index < -0.39 is 0 Å². The summed E-state index contributed by atoms with van der Waals surface area (Å²) in [6.07, 6.45) is 4.97. The van der Waals surface area contributed by atoms with Crippen molar-refractivity contribution >= 4 is 5.82 Å². The fourth-order valence-corrected chi connectivity index (χ4v) is 3.58. The molecule has 1 fully saturated rings. The van der Waals surface area contributed by atoms with Crippen molar-refractivity contribution < 1.29 is 4.52 Å². The molecule has 1 saturated heterocycles. The van der Waals surface area contributed by atoms with E-state index in [1.54, 1.807) is 6.33 Å². The van der Waals surface area contributed by atoms with Crippen molar-refractivity contribution in [3.63, 3.8) is 0 Å². The summed E-state index contributed by atoms with van der Waals surface area (Å²) in [6.45, 7) is 4.95. The molecule has 2 aromatic heterocycles. The first-order valence-corrected chi connectivity index (χ1v) is 7.93. The van der Waals surface area contributed by atoms with E-state index in [9.17, 15) is 0 Å². The standard InChI is InChI=1S/C16H21N5O/c1-11-8-14(19-22-11)15-4-3-6-21(15)16-12-9-20(2)7-5-13(12)17-10-18-16/h8,10,15H,3-7,9H2,1-2H3/t15-/m0/s1. The zero-order chi connectivity index (χ0) is 15.1. The first-order valence-electron chi connectivity index (χ1n) is 7.93. The third kappa shape index (κ3) is 2.27. The molecule has 0 amide bonds. The van der Waals surface area contributed by atoms with E-state index in [0.29, 0.717) is 0 Å². The quantitative estimate of drug-likeness (QED) is 0.846. The molecule has 0 aromatic carbocycles. The van der Waals surface area contributed by atoms with Crippen LogP contribution in [0.2, 0.25) is 0 Å². The van der Waals surface area contributed by atoms with Crippen molar-refractivity contribution in [3.8, 4) is 0 Å². The Morgan fingerprint density at radius 3 is 3.00 bits per heavy atom. The predicted octanol–water partition coefficient (Wildman–Crippen LogP) is 2.10. The van der Waals surface area contributed by atoms with Gasteiger partial charge in [0.2, 0.25) is 0 Å². The lowest BCUT2D eigenvalue weighted by atomic mass is 10.1. The zero-order valence-corrected chi connectivity index (χ0v) is 13.1. The van der Waals surface area contributed by atoms with Crippen LogP contribution in [0.5, 0.6) is 0 Å². The summed E-state index contributed by atoms with van der Waals surface area (Å²) in [5.74, 6) is 1.95. The number of likely N-dealkylation sites (N-methyl/N-ethyl adjacent to an activating group) is 1. The Morgan fingerprint density at radius 2 is 2.18 bits per heavy atom. The first-order chi connectivity index (χ1) is 10.7. The molecule has 6 nitrogen and oxygen atoms in total. The highest BCUT2D eigenvalue weighted by molar-refractivity contribution is 5.52. The van der Waals surface area contributed by atoms with E-state index in [1.165, 1.54) is 11.3 Å². The summed E-state index contributed by atoms with van der Waals surface area (Å²) in [7, 11) is 2.15. The van der Waals surface area contributed by atoms with Crippen molar-refractivity contribution in [2.75, 3.05) is 25.0 Å². The molecular weight excluding hydrogens is 278 g/mol. The van der Waals surface area contributed by atoms with Crippen molar-refractivity contribution in [1.82, 2.24) is 20.0 Å². The van der Waals surface area contributed by atoms with Gasteiger partial charge in [-0.1, -0.05) is 5.16 Å². The van der Waals surface area contributed by atoms with Crippen LogP contribution < -0.4 is 4.90 Å². The van der Waals surface area contributed by atoms with Gasteiger partial charge in [0.25, 0.3) is 0 Å². The molecule has 4 rings (SSSR count). The Labute approximate surface area is 130 Å². The molecule has 116 valence electrons. The summed E-state index contributed by atoms with van der Waals surface area (Å²) < 4.78 is 5.27. The van der Waals surface area contributed by atoms with Gasteiger partial charge >= 0.3 is 0 Å². The van der Waals surface area contributed by atoms with Crippen molar-refractivity contribution in [1.29, 1.82) is 0 Å². The highest BCUT2D eigenvalue weighted by Crippen LogP contribution is 2.37. The van der Waals surface area contributed by atoms with E-state index in [0.717, 1.165) is 56.2 Å². The van der Waals surface area contributed by atoms with Gasteiger partial charge < -0.3 is 14.3 Å². The minimum Gasteiger partial charge on any atom is -0.361 e. The second-order valence-electron chi connectivity index (χ2n) is 6.32. The smallest absolute Gasteiger partial charge is 0.137 e. The SMILES string of the molecule is Cc1cc([C@@H]2CCCN2c2ncnc3c2CN(C)CC3)no1. The van der Waals surface area contributed by atoms with Crippen LogP contribution in [0.15, 0.2) is 16.9 Å². The summed E-state index contributed by atoms with van der Waals surface area (Å²) in [5, 5.41) is 4.23. The number of hydrogen-bond donors (Lipinski definition) is 0. The monoisotopic (exact) mass is 299 g/mol. The van der Waals surface area contributed by atoms with E-state index in [1.807, 2.05) is 13.0 Å². The maximum Gasteiger partial charge on any atom is 0.137 e. The Balaban J connectivity index is 1.72. The molecule has 6 heteroatoms. The van der Waals surface area contributed by atoms with E-state index in [4.69, 9.17) is 4.52 Å². The van der Waals surface area contributed by atoms with Crippen LogP contribution >= 0.6 is 0 Å². The van der Waals surface area contributed by atoms with Crippen LogP contribution in [0.1, 0.15) is 41.6 Å². The molecule has 2 aromatic rings. The summed E-state index contributed by atoms with van der Waals surface area (Å²) in [4.78, 5) is 13.8. The Bertz CT molecular complexity index is 683. The van der Waals surface area contributed by atoms with Crippen LogP contribution in [0, 0.1) is 6.92 Å². The van der Waals surface area contributed by atoms with Crippen molar-refractivity contribution in [2.24, 2.45) is 0 Å². The molecule has 1 atom stereocenters. The van der Waals surface area contributed by atoms with Crippen molar-refractivity contribution in [3.05, 3.63) is 35.1 Å². The number of nitrogens with zero attached hydrogens (tertiary/aromatic N) is 5.